The minimum Gasteiger partial charge on any atom is -0.466 e. The van der Waals surface area contributed by atoms with Crippen LogP contribution in [0.1, 0.15) is 17.1 Å². The molecule has 0 fully saturated rings. The second kappa shape index (κ2) is 4.25. The van der Waals surface area contributed by atoms with E-state index in [4.69, 9.17) is 15.3 Å². The number of aromatic nitrogens is 2. The van der Waals surface area contributed by atoms with Crippen LogP contribution in [0.4, 0.5) is 5.82 Å². The maximum atomic E-state index is 8.90. The van der Waals surface area contributed by atoms with E-state index in [-0.39, 0.29) is 6.61 Å². The number of aryl methyl sites for hydroxylation is 2. The van der Waals surface area contributed by atoms with Crippen molar-refractivity contribution in [3.63, 3.8) is 0 Å². The number of hydrogen-bond acceptors (Lipinski definition) is 4. The Labute approximate surface area is 99.8 Å². The maximum absolute atomic E-state index is 8.90. The van der Waals surface area contributed by atoms with Crippen molar-refractivity contribution in [1.29, 1.82) is 0 Å². The molecule has 0 saturated carbocycles. The molecule has 0 aromatic carbocycles. The average molecular weight is 235 g/mol. The van der Waals surface area contributed by atoms with E-state index < -0.39 is 0 Å². The van der Waals surface area contributed by atoms with E-state index >= 15 is 0 Å². The molecule has 2 heterocycles. The van der Waals surface area contributed by atoms with Crippen molar-refractivity contribution < 1.29 is 9.52 Å². The summed E-state index contributed by atoms with van der Waals surface area (Å²) in [5.41, 5.74) is 8.70. The highest BCUT2D eigenvalue weighted by molar-refractivity contribution is 5.68. The monoisotopic (exact) mass is 235 g/mol. The van der Waals surface area contributed by atoms with Crippen molar-refractivity contribution >= 4 is 5.82 Å². The van der Waals surface area contributed by atoms with Crippen LogP contribution in [-0.2, 0) is 6.54 Å². The summed E-state index contributed by atoms with van der Waals surface area (Å²) in [6.45, 7) is 6.27. The zero-order valence-corrected chi connectivity index (χ0v) is 10.3. The highest BCUT2D eigenvalue weighted by atomic mass is 16.3. The lowest BCUT2D eigenvalue weighted by molar-refractivity contribution is 0.270. The SMILES string of the molecule is Cc1oc(C)c(-c2cc(N)n(CCO)n2)c1C. The number of nitrogen functional groups attached to an aromatic ring is 1. The molecule has 5 heteroatoms. The third-order valence-corrected chi connectivity index (χ3v) is 2.94. The van der Waals surface area contributed by atoms with Crippen LogP contribution < -0.4 is 5.73 Å². The molecule has 92 valence electrons. The minimum absolute atomic E-state index is 0.0215. The summed E-state index contributed by atoms with van der Waals surface area (Å²) in [5, 5.41) is 13.3. The summed E-state index contributed by atoms with van der Waals surface area (Å²) < 4.78 is 7.16. The number of furan rings is 1. The number of anilines is 1. The normalized spacial score (nSPS) is 11.1. The maximum Gasteiger partial charge on any atom is 0.122 e. The first kappa shape index (κ1) is 11.7. The second-order valence-corrected chi connectivity index (χ2v) is 4.12. The largest absolute Gasteiger partial charge is 0.466 e. The Hall–Kier alpha value is -1.75. The summed E-state index contributed by atoms with van der Waals surface area (Å²) >= 11 is 0. The lowest BCUT2D eigenvalue weighted by atomic mass is 10.1. The topological polar surface area (TPSA) is 77.2 Å². The van der Waals surface area contributed by atoms with Crippen molar-refractivity contribution in [2.45, 2.75) is 27.3 Å². The van der Waals surface area contributed by atoms with Crippen molar-refractivity contribution in [2.75, 3.05) is 12.3 Å². The molecule has 0 radical (unpaired) electrons. The van der Waals surface area contributed by atoms with E-state index in [0.29, 0.717) is 12.4 Å². The first-order valence-electron chi connectivity index (χ1n) is 5.55. The van der Waals surface area contributed by atoms with Gasteiger partial charge in [-0.1, -0.05) is 0 Å². The van der Waals surface area contributed by atoms with Gasteiger partial charge in [-0.2, -0.15) is 5.10 Å². The Morgan fingerprint density at radius 1 is 1.35 bits per heavy atom. The van der Waals surface area contributed by atoms with Crippen molar-refractivity contribution in [3.05, 3.63) is 23.2 Å². The molecule has 0 bridgehead atoms. The predicted molar refractivity (Wildman–Crippen MR) is 65.6 cm³/mol. The van der Waals surface area contributed by atoms with Crippen LogP contribution in [-0.4, -0.2) is 21.5 Å². The fourth-order valence-corrected chi connectivity index (χ4v) is 2.00. The van der Waals surface area contributed by atoms with Crippen molar-refractivity contribution in [2.24, 2.45) is 0 Å². The van der Waals surface area contributed by atoms with Gasteiger partial charge in [-0.05, 0) is 26.3 Å². The second-order valence-electron chi connectivity index (χ2n) is 4.12. The number of rotatable bonds is 3. The van der Waals surface area contributed by atoms with Crippen LogP contribution >= 0.6 is 0 Å². The molecule has 0 saturated heterocycles. The summed E-state index contributed by atoms with van der Waals surface area (Å²) in [5.74, 6) is 2.29. The molecule has 0 spiro atoms. The van der Waals surface area contributed by atoms with Gasteiger partial charge in [0.05, 0.1) is 18.8 Å². The van der Waals surface area contributed by atoms with Crippen LogP contribution in [0, 0.1) is 20.8 Å². The lowest BCUT2D eigenvalue weighted by Gasteiger charge is -1.99. The lowest BCUT2D eigenvalue weighted by Crippen LogP contribution is -2.07. The Morgan fingerprint density at radius 2 is 2.06 bits per heavy atom. The first-order valence-corrected chi connectivity index (χ1v) is 5.55. The van der Waals surface area contributed by atoms with Gasteiger partial charge in [0.2, 0.25) is 0 Å². The summed E-state index contributed by atoms with van der Waals surface area (Å²) in [4.78, 5) is 0. The van der Waals surface area contributed by atoms with Gasteiger partial charge < -0.3 is 15.3 Å². The van der Waals surface area contributed by atoms with Gasteiger partial charge in [0.15, 0.2) is 0 Å². The molecule has 2 rings (SSSR count). The van der Waals surface area contributed by atoms with Crippen LogP contribution in [0.15, 0.2) is 10.5 Å². The van der Waals surface area contributed by atoms with Crippen molar-refractivity contribution in [1.82, 2.24) is 9.78 Å². The van der Waals surface area contributed by atoms with E-state index in [2.05, 4.69) is 5.10 Å². The zero-order valence-electron chi connectivity index (χ0n) is 10.3. The number of nitrogens with zero attached hydrogens (tertiary/aromatic N) is 2. The van der Waals surface area contributed by atoms with E-state index in [1.165, 1.54) is 0 Å². The number of hydrogen-bond donors (Lipinski definition) is 2. The summed E-state index contributed by atoms with van der Waals surface area (Å²) in [6, 6.07) is 1.81. The number of aliphatic hydroxyl groups is 1. The van der Waals surface area contributed by atoms with E-state index in [1.54, 1.807) is 10.7 Å². The fraction of sp³-hybridized carbons (Fsp3) is 0.417. The van der Waals surface area contributed by atoms with E-state index in [0.717, 1.165) is 28.3 Å². The Morgan fingerprint density at radius 3 is 2.59 bits per heavy atom. The molecule has 2 aromatic rings. The standard InChI is InChI=1S/C12H17N3O2/c1-7-8(2)17-9(3)12(7)10-6-11(13)15(14-10)4-5-16/h6,16H,4-5,13H2,1-3H3. The molecule has 0 aliphatic rings. The Kier molecular flexibility index (Phi) is 2.93. The molecule has 0 aliphatic heterocycles. The highest BCUT2D eigenvalue weighted by Gasteiger charge is 2.16. The van der Waals surface area contributed by atoms with Crippen LogP contribution in [0.2, 0.25) is 0 Å². The summed E-state index contributed by atoms with van der Waals surface area (Å²) in [7, 11) is 0. The Balaban J connectivity index is 2.49. The third-order valence-electron chi connectivity index (χ3n) is 2.94. The minimum atomic E-state index is 0.0215. The van der Waals surface area contributed by atoms with Gasteiger partial charge in [0, 0.05) is 11.6 Å². The van der Waals surface area contributed by atoms with Crippen molar-refractivity contribution in [3.8, 4) is 11.3 Å². The fourth-order valence-electron chi connectivity index (χ4n) is 2.00. The third kappa shape index (κ3) is 1.93. The predicted octanol–water partition coefficient (Wildman–Crippen LogP) is 1.64. The van der Waals surface area contributed by atoms with Gasteiger partial charge in [0.25, 0.3) is 0 Å². The quantitative estimate of drug-likeness (QED) is 0.847. The molecular formula is C12H17N3O2. The summed E-state index contributed by atoms with van der Waals surface area (Å²) in [6.07, 6.45) is 0. The van der Waals surface area contributed by atoms with E-state index in [1.807, 2.05) is 20.8 Å². The molecule has 5 nitrogen and oxygen atoms in total. The molecule has 0 aliphatic carbocycles. The molecule has 17 heavy (non-hydrogen) atoms. The first-order chi connectivity index (χ1) is 8.04. The van der Waals surface area contributed by atoms with Gasteiger partial charge in [-0.25, -0.2) is 4.68 Å². The van der Waals surface area contributed by atoms with Crippen LogP contribution in [0.25, 0.3) is 11.3 Å². The molecule has 3 N–H and O–H groups in total. The Bertz CT molecular complexity index is 540. The molecule has 0 unspecified atom stereocenters. The average Bonchev–Trinajstić information content (AvgIpc) is 2.71. The zero-order chi connectivity index (χ0) is 12.6. The smallest absolute Gasteiger partial charge is 0.122 e. The van der Waals surface area contributed by atoms with Gasteiger partial charge in [0.1, 0.15) is 17.3 Å². The highest BCUT2D eigenvalue weighted by Crippen LogP contribution is 2.31. The van der Waals surface area contributed by atoms with Crippen LogP contribution in [0.3, 0.4) is 0 Å². The molecule has 2 aromatic heterocycles. The molecule has 0 amide bonds. The molecular weight excluding hydrogens is 218 g/mol. The van der Waals surface area contributed by atoms with Gasteiger partial charge >= 0.3 is 0 Å². The number of aliphatic hydroxyl groups excluding tert-OH is 1. The van der Waals surface area contributed by atoms with E-state index in [9.17, 15) is 0 Å². The van der Waals surface area contributed by atoms with Crippen LogP contribution in [0.5, 0.6) is 0 Å². The van der Waals surface area contributed by atoms with Gasteiger partial charge in [-0.15, -0.1) is 0 Å². The van der Waals surface area contributed by atoms with Gasteiger partial charge in [-0.3, -0.25) is 0 Å². The number of nitrogens with two attached hydrogens (primary N) is 1. The molecule has 0 atom stereocenters.